The first-order valence-electron chi connectivity index (χ1n) is 11.5. The Balaban J connectivity index is 1.94. The monoisotopic (exact) mass is 374 g/mol. The molecule has 27 heavy (non-hydrogen) atoms. The van der Waals surface area contributed by atoms with Gasteiger partial charge in [-0.25, -0.2) is 0 Å². The van der Waals surface area contributed by atoms with Gasteiger partial charge in [-0.2, -0.15) is 0 Å². The maximum Gasteiger partial charge on any atom is 0.127 e. The van der Waals surface area contributed by atoms with Gasteiger partial charge in [-0.15, -0.1) is 0 Å². The number of aliphatic hydroxyl groups excluding tert-OH is 1. The molecule has 1 rings (SSSR count). The molecule has 0 aliphatic carbocycles. The summed E-state index contributed by atoms with van der Waals surface area (Å²) in [6, 6.07) is 7.79. The minimum absolute atomic E-state index is 0.00932. The Morgan fingerprint density at radius 1 is 0.741 bits per heavy atom. The van der Waals surface area contributed by atoms with Crippen molar-refractivity contribution in [3.63, 3.8) is 0 Å². The fourth-order valence-corrected chi connectivity index (χ4v) is 3.74. The molecule has 1 aromatic rings. The van der Waals surface area contributed by atoms with Gasteiger partial charge in [0, 0.05) is 5.92 Å². The maximum absolute atomic E-state index is 11.4. The molecule has 0 saturated heterocycles. The van der Waals surface area contributed by atoms with Gasteiger partial charge in [0.2, 0.25) is 0 Å². The molecule has 0 aliphatic heterocycles. The van der Waals surface area contributed by atoms with E-state index in [1.165, 1.54) is 83.5 Å². The molecule has 1 unspecified atom stereocenters. The summed E-state index contributed by atoms with van der Waals surface area (Å²) < 4.78 is 0. The topological polar surface area (TPSA) is 37.3 Å². The Morgan fingerprint density at radius 3 is 1.59 bits per heavy atom. The highest BCUT2D eigenvalue weighted by Crippen LogP contribution is 2.22. The summed E-state index contributed by atoms with van der Waals surface area (Å²) in [4.78, 5) is 11.4. The Kier molecular flexibility index (Phi) is 15.0. The molecule has 0 heterocycles. The summed E-state index contributed by atoms with van der Waals surface area (Å²) in [5, 5.41) is 9.10. The average Bonchev–Trinajstić information content (AvgIpc) is 2.71. The molecule has 0 saturated carbocycles. The number of hydrogen-bond acceptors (Lipinski definition) is 2. The Bertz CT molecular complexity index is 452. The van der Waals surface area contributed by atoms with E-state index >= 15 is 0 Å². The third kappa shape index (κ3) is 12.0. The second-order valence-electron chi connectivity index (χ2n) is 8.03. The summed E-state index contributed by atoms with van der Waals surface area (Å²) >= 11 is 0. The molecule has 2 nitrogen and oxygen atoms in total. The van der Waals surface area contributed by atoms with Crippen LogP contribution >= 0.6 is 0 Å². The molecule has 0 spiro atoms. The zero-order chi connectivity index (χ0) is 19.6. The molecule has 2 heteroatoms. The summed E-state index contributed by atoms with van der Waals surface area (Å²) in [5.74, 6) is 0.00932. The van der Waals surface area contributed by atoms with Crippen LogP contribution in [0.15, 0.2) is 24.3 Å². The van der Waals surface area contributed by atoms with Crippen LogP contribution in [-0.4, -0.2) is 11.4 Å². The van der Waals surface area contributed by atoms with Crippen LogP contribution < -0.4 is 0 Å². The first kappa shape index (κ1) is 23.9. The number of hydrogen-bond donors (Lipinski definition) is 1. The van der Waals surface area contributed by atoms with E-state index in [9.17, 15) is 4.79 Å². The fraction of sp³-hybridized carbons (Fsp3) is 0.720. The third-order valence-electron chi connectivity index (χ3n) is 5.62. The molecule has 0 aromatic heterocycles. The SMILES string of the molecule is CCCCCCCCCCCCCCCCC(C=O)c1ccc(CO)cc1. The lowest BCUT2D eigenvalue weighted by atomic mass is 9.93. The third-order valence-corrected chi connectivity index (χ3v) is 5.62. The summed E-state index contributed by atoms with van der Waals surface area (Å²) in [7, 11) is 0. The quantitative estimate of drug-likeness (QED) is 0.216. The van der Waals surface area contributed by atoms with Crippen molar-refractivity contribution in [2.75, 3.05) is 0 Å². The molecule has 0 aliphatic rings. The van der Waals surface area contributed by atoms with Gasteiger partial charge in [0.05, 0.1) is 6.61 Å². The zero-order valence-corrected chi connectivity index (χ0v) is 17.6. The molecule has 154 valence electrons. The number of carbonyl (C=O) groups excluding carboxylic acids is 1. The first-order valence-corrected chi connectivity index (χ1v) is 11.5. The molecule has 0 fully saturated rings. The number of carbonyl (C=O) groups is 1. The van der Waals surface area contributed by atoms with Crippen molar-refractivity contribution < 1.29 is 9.90 Å². The van der Waals surface area contributed by atoms with E-state index in [-0.39, 0.29) is 12.5 Å². The molecular formula is C25H42O2. The summed E-state index contributed by atoms with van der Waals surface area (Å²) in [6.07, 6.45) is 21.1. The highest BCUT2D eigenvalue weighted by atomic mass is 16.3. The molecule has 0 radical (unpaired) electrons. The first-order chi connectivity index (χ1) is 13.3. The second-order valence-corrected chi connectivity index (χ2v) is 8.03. The second kappa shape index (κ2) is 17.0. The van der Waals surface area contributed by atoms with E-state index in [1.54, 1.807) is 0 Å². The van der Waals surface area contributed by atoms with Crippen molar-refractivity contribution in [2.24, 2.45) is 0 Å². The standard InChI is InChI=1S/C25H42O2/c1-2-3-4-5-6-7-8-9-10-11-12-13-14-15-16-25(22-27)24-19-17-23(21-26)18-20-24/h17-20,22,25-26H,2-16,21H2,1H3. The van der Waals surface area contributed by atoms with Crippen LogP contribution in [0, 0.1) is 0 Å². The number of aliphatic hydroxyl groups is 1. The van der Waals surface area contributed by atoms with Crippen LogP contribution in [-0.2, 0) is 11.4 Å². The van der Waals surface area contributed by atoms with Crippen LogP contribution in [0.3, 0.4) is 0 Å². The molecular weight excluding hydrogens is 332 g/mol. The van der Waals surface area contributed by atoms with E-state index in [2.05, 4.69) is 6.92 Å². The highest BCUT2D eigenvalue weighted by molar-refractivity contribution is 5.62. The maximum atomic E-state index is 11.4. The van der Waals surface area contributed by atoms with Gasteiger partial charge in [0.1, 0.15) is 6.29 Å². The van der Waals surface area contributed by atoms with Crippen molar-refractivity contribution in [1.82, 2.24) is 0 Å². The van der Waals surface area contributed by atoms with E-state index < -0.39 is 0 Å². The normalized spacial score (nSPS) is 12.2. The van der Waals surface area contributed by atoms with Crippen molar-refractivity contribution in [2.45, 2.75) is 116 Å². The van der Waals surface area contributed by atoms with Crippen LogP contribution in [0.2, 0.25) is 0 Å². The molecule has 0 amide bonds. The van der Waals surface area contributed by atoms with Gasteiger partial charge in [-0.1, -0.05) is 121 Å². The Hall–Kier alpha value is -1.15. The Morgan fingerprint density at radius 2 is 1.19 bits per heavy atom. The van der Waals surface area contributed by atoms with E-state index in [0.717, 1.165) is 30.3 Å². The predicted molar refractivity (Wildman–Crippen MR) is 116 cm³/mol. The van der Waals surface area contributed by atoms with Crippen molar-refractivity contribution in [3.05, 3.63) is 35.4 Å². The molecule has 1 atom stereocenters. The predicted octanol–water partition coefficient (Wildman–Crippen LogP) is 7.33. The average molecular weight is 375 g/mol. The van der Waals surface area contributed by atoms with Crippen molar-refractivity contribution in [1.29, 1.82) is 0 Å². The lowest BCUT2D eigenvalue weighted by Gasteiger charge is -2.11. The fourth-order valence-electron chi connectivity index (χ4n) is 3.74. The van der Waals surface area contributed by atoms with E-state index in [1.807, 2.05) is 24.3 Å². The largest absolute Gasteiger partial charge is 0.392 e. The van der Waals surface area contributed by atoms with Crippen LogP contribution in [0.4, 0.5) is 0 Å². The Labute approximate surface area is 167 Å². The zero-order valence-electron chi connectivity index (χ0n) is 17.6. The number of rotatable bonds is 18. The van der Waals surface area contributed by atoms with Crippen LogP contribution in [0.5, 0.6) is 0 Å². The molecule has 1 aromatic carbocycles. The minimum atomic E-state index is 0.00932. The van der Waals surface area contributed by atoms with Gasteiger partial charge in [0.15, 0.2) is 0 Å². The smallest absolute Gasteiger partial charge is 0.127 e. The van der Waals surface area contributed by atoms with Crippen molar-refractivity contribution >= 4 is 6.29 Å². The van der Waals surface area contributed by atoms with Gasteiger partial charge in [-0.3, -0.25) is 0 Å². The van der Waals surface area contributed by atoms with Gasteiger partial charge in [0.25, 0.3) is 0 Å². The van der Waals surface area contributed by atoms with Crippen LogP contribution in [0.25, 0.3) is 0 Å². The summed E-state index contributed by atoms with van der Waals surface area (Å²) in [6.45, 7) is 2.34. The lowest BCUT2D eigenvalue weighted by molar-refractivity contribution is -0.109. The highest BCUT2D eigenvalue weighted by Gasteiger charge is 2.09. The van der Waals surface area contributed by atoms with Gasteiger partial charge in [-0.05, 0) is 17.5 Å². The minimum Gasteiger partial charge on any atom is -0.392 e. The van der Waals surface area contributed by atoms with Gasteiger partial charge >= 0.3 is 0 Å². The number of benzene rings is 1. The summed E-state index contributed by atoms with van der Waals surface area (Å²) in [5.41, 5.74) is 1.98. The number of unbranched alkanes of at least 4 members (excludes halogenated alkanes) is 13. The van der Waals surface area contributed by atoms with E-state index in [4.69, 9.17) is 5.11 Å². The van der Waals surface area contributed by atoms with Crippen LogP contribution in [0.1, 0.15) is 120 Å². The van der Waals surface area contributed by atoms with Crippen molar-refractivity contribution in [3.8, 4) is 0 Å². The molecule has 1 N–H and O–H groups in total. The molecule has 0 bridgehead atoms. The lowest BCUT2D eigenvalue weighted by Crippen LogP contribution is -2.00. The number of aldehydes is 1. The van der Waals surface area contributed by atoms with Gasteiger partial charge < -0.3 is 9.90 Å². The van der Waals surface area contributed by atoms with E-state index in [0.29, 0.717) is 0 Å².